The van der Waals surface area contributed by atoms with Crippen LogP contribution in [0.5, 0.6) is 0 Å². The largest absolute Gasteiger partial charge is 0.307 e. The van der Waals surface area contributed by atoms with Gasteiger partial charge < -0.3 is 5.32 Å². The van der Waals surface area contributed by atoms with Crippen LogP contribution in [0.1, 0.15) is 83.9 Å². The third-order valence-corrected chi connectivity index (χ3v) is 4.37. The maximum atomic E-state index is 12.8. The van der Waals surface area contributed by atoms with Crippen LogP contribution in [0.2, 0.25) is 0 Å². The second-order valence-corrected chi connectivity index (χ2v) is 10.0. The maximum Gasteiger partial charge on any atom is 0.256 e. The van der Waals surface area contributed by atoms with Gasteiger partial charge in [0, 0.05) is 17.0 Å². The highest BCUT2D eigenvalue weighted by molar-refractivity contribution is 6.03. The molecule has 142 valence electrons. The molecule has 0 aliphatic heterocycles. The Labute approximate surface area is 158 Å². The van der Waals surface area contributed by atoms with Crippen molar-refractivity contribution < 1.29 is 4.79 Å². The van der Waals surface area contributed by atoms with Crippen LogP contribution in [0.25, 0.3) is 0 Å². The molecule has 0 saturated heterocycles. The summed E-state index contributed by atoms with van der Waals surface area (Å²) in [5.41, 5.74) is 2.60. The molecule has 2 rings (SSSR count). The molecule has 0 atom stereocenters. The van der Waals surface area contributed by atoms with Crippen LogP contribution in [-0.2, 0) is 16.4 Å². The average Bonchev–Trinajstić information content (AvgIpc) is 2.90. The van der Waals surface area contributed by atoms with Gasteiger partial charge in [-0.25, -0.2) is 4.68 Å². The summed E-state index contributed by atoms with van der Waals surface area (Å²) in [5, 5.41) is 7.79. The number of nitrogens with one attached hydrogen (secondary N) is 1. The topological polar surface area (TPSA) is 46.9 Å². The van der Waals surface area contributed by atoms with Gasteiger partial charge in [-0.1, -0.05) is 53.7 Å². The molecule has 1 N–H and O–H groups in total. The monoisotopic (exact) mass is 355 g/mol. The minimum absolute atomic E-state index is 0.0709. The van der Waals surface area contributed by atoms with Crippen molar-refractivity contribution in [2.75, 3.05) is 5.32 Å². The molecule has 0 spiro atoms. The van der Waals surface area contributed by atoms with E-state index in [0.717, 1.165) is 11.5 Å². The number of hydrogen-bond donors (Lipinski definition) is 1. The number of benzene rings is 1. The Hall–Kier alpha value is -2.10. The van der Waals surface area contributed by atoms with E-state index in [2.05, 4.69) is 67.6 Å². The van der Waals surface area contributed by atoms with E-state index in [0.29, 0.717) is 5.56 Å². The fourth-order valence-corrected chi connectivity index (χ4v) is 2.66. The molecule has 2 aromatic rings. The van der Waals surface area contributed by atoms with Crippen LogP contribution >= 0.6 is 0 Å². The van der Waals surface area contributed by atoms with Crippen molar-refractivity contribution in [3.05, 3.63) is 47.2 Å². The average molecular weight is 356 g/mol. The molecule has 1 aromatic carbocycles. The van der Waals surface area contributed by atoms with E-state index in [1.165, 1.54) is 5.56 Å². The molecule has 1 amide bonds. The molecule has 0 radical (unpaired) electrons. The van der Waals surface area contributed by atoms with E-state index in [9.17, 15) is 4.79 Å². The van der Waals surface area contributed by atoms with Gasteiger partial charge in [-0.3, -0.25) is 4.79 Å². The van der Waals surface area contributed by atoms with Gasteiger partial charge in [0.05, 0.1) is 11.2 Å². The van der Waals surface area contributed by atoms with E-state index >= 15 is 0 Å². The molecule has 1 aromatic heterocycles. The molecule has 1 heterocycles. The maximum absolute atomic E-state index is 12.8. The normalized spacial score (nSPS) is 13.0. The summed E-state index contributed by atoms with van der Waals surface area (Å²) in [6, 6.07) is 9.80. The Morgan fingerprint density at radius 2 is 1.42 bits per heavy atom. The van der Waals surface area contributed by atoms with E-state index in [-0.39, 0.29) is 22.3 Å². The van der Waals surface area contributed by atoms with Crippen molar-refractivity contribution in [3.8, 4) is 0 Å². The van der Waals surface area contributed by atoms with Crippen LogP contribution in [-0.4, -0.2) is 15.7 Å². The number of anilines is 1. The first-order chi connectivity index (χ1) is 11.7. The molecule has 0 unspecified atom stereocenters. The number of carbonyl (C=O) groups is 1. The summed E-state index contributed by atoms with van der Waals surface area (Å²) < 4.78 is 1.90. The lowest BCUT2D eigenvalue weighted by Crippen LogP contribution is -2.27. The minimum atomic E-state index is -0.220. The van der Waals surface area contributed by atoms with Gasteiger partial charge in [-0.2, -0.15) is 5.10 Å². The second-order valence-electron chi connectivity index (χ2n) is 10.0. The van der Waals surface area contributed by atoms with Gasteiger partial charge in [0.1, 0.15) is 5.82 Å². The summed E-state index contributed by atoms with van der Waals surface area (Å²) >= 11 is 0. The highest BCUT2D eigenvalue weighted by atomic mass is 16.1. The molecule has 0 fully saturated rings. The number of rotatable bonds is 2. The predicted octanol–water partition coefficient (Wildman–Crippen LogP) is 5.49. The fraction of sp³-hybridized carbons (Fsp3) is 0.545. The van der Waals surface area contributed by atoms with Crippen LogP contribution in [0.15, 0.2) is 30.3 Å². The fourth-order valence-electron chi connectivity index (χ4n) is 2.66. The zero-order valence-electron chi connectivity index (χ0n) is 17.7. The number of nitrogens with zero attached hydrogens (tertiary/aromatic N) is 2. The van der Waals surface area contributed by atoms with Crippen LogP contribution in [0, 0.1) is 0 Å². The molecular weight excluding hydrogens is 322 g/mol. The van der Waals surface area contributed by atoms with Crippen LogP contribution < -0.4 is 5.32 Å². The zero-order chi connectivity index (χ0) is 19.9. The lowest BCUT2D eigenvalue weighted by Gasteiger charge is -2.23. The van der Waals surface area contributed by atoms with Crippen molar-refractivity contribution in [3.63, 3.8) is 0 Å². The summed E-state index contributed by atoms with van der Waals surface area (Å²) in [6.07, 6.45) is 0. The SMILES string of the molecule is CC(C)(C)c1ccc(C(=O)Nc2cc(C(C)(C)C)nn2C(C)(C)C)cc1. The standard InChI is InChI=1S/C22H33N3O/c1-20(2,3)16-12-10-15(11-13-16)19(26)23-18-14-17(21(4,5)6)24-25(18)22(7,8)9/h10-14H,1-9H3,(H,23,26). The number of carbonyl (C=O) groups excluding carboxylic acids is 1. The second kappa shape index (κ2) is 6.57. The summed E-state index contributed by atoms with van der Waals surface area (Å²) in [6.45, 7) is 19.1. The Bertz CT molecular complexity index is 779. The summed E-state index contributed by atoms with van der Waals surface area (Å²) in [4.78, 5) is 12.8. The van der Waals surface area contributed by atoms with Gasteiger partial charge in [-0.05, 0) is 43.9 Å². The first-order valence-corrected chi connectivity index (χ1v) is 9.22. The molecule has 0 aliphatic carbocycles. The first kappa shape index (κ1) is 20.2. The Balaban J connectivity index is 2.32. The molecule has 26 heavy (non-hydrogen) atoms. The molecule has 0 bridgehead atoms. The van der Waals surface area contributed by atoms with Gasteiger partial charge in [-0.15, -0.1) is 0 Å². The highest BCUT2D eigenvalue weighted by Crippen LogP contribution is 2.28. The summed E-state index contributed by atoms with van der Waals surface area (Å²) in [7, 11) is 0. The van der Waals surface area contributed by atoms with Crippen molar-refractivity contribution in [2.45, 2.75) is 78.7 Å². The van der Waals surface area contributed by atoms with E-state index in [1.54, 1.807) is 0 Å². The third-order valence-electron chi connectivity index (χ3n) is 4.37. The first-order valence-electron chi connectivity index (χ1n) is 9.22. The van der Waals surface area contributed by atoms with E-state index < -0.39 is 0 Å². The molecule has 4 nitrogen and oxygen atoms in total. The number of hydrogen-bond acceptors (Lipinski definition) is 2. The molecule has 0 saturated carbocycles. The van der Waals surface area contributed by atoms with Crippen molar-refractivity contribution in [2.24, 2.45) is 0 Å². The van der Waals surface area contributed by atoms with E-state index in [1.807, 2.05) is 35.0 Å². The van der Waals surface area contributed by atoms with Crippen molar-refractivity contribution in [1.29, 1.82) is 0 Å². The molecule has 4 heteroatoms. The highest BCUT2D eigenvalue weighted by Gasteiger charge is 2.26. The number of aromatic nitrogens is 2. The predicted molar refractivity (Wildman–Crippen MR) is 109 cm³/mol. The Kier molecular flexibility index (Phi) is 5.10. The quantitative estimate of drug-likeness (QED) is 0.775. The third kappa shape index (κ3) is 4.54. The molecular formula is C22H33N3O. The van der Waals surface area contributed by atoms with Crippen LogP contribution in [0.4, 0.5) is 5.82 Å². The van der Waals surface area contributed by atoms with Gasteiger partial charge in [0.2, 0.25) is 0 Å². The van der Waals surface area contributed by atoms with Crippen molar-refractivity contribution in [1.82, 2.24) is 9.78 Å². The lowest BCUT2D eigenvalue weighted by atomic mass is 9.87. The zero-order valence-corrected chi connectivity index (χ0v) is 17.7. The smallest absolute Gasteiger partial charge is 0.256 e. The van der Waals surface area contributed by atoms with Crippen LogP contribution in [0.3, 0.4) is 0 Å². The van der Waals surface area contributed by atoms with Gasteiger partial charge in [0.15, 0.2) is 0 Å². The van der Waals surface area contributed by atoms with Crippen molar-refractivity contribution >= 4 is 11.7 Å². The van der Waals surface area contributed by atoms with Gasteiger partial charge in [0.25, 0.3) is 5.91 Å². The molecule has 0 aliphatic rings. The Morgan fingerprint density at radius 3 is 1.85 bits per heavy atom. The minimum Gasteiger partial charge on any atom is -0.307 e. The Morgan fingerprint density at radius 1 is 0.885 bits per heavy atom. The number of amides is 1. The summed E-state index contributed by atoms with van der Waals surface area (Å²) in [5.74, 6) is 0.614. The van der Waals surface area contributed by atoms with E-state index in [4.69, 9.17) is 5.10 Å². The lowest BCUT2D eigenvalue weighted by molar-refractivity contribution is 0.102. The van der Waals surface area contributed by atoms with Gasteiger partial charge >= 0.3 is 0 Å².